The molecule has 1 atom stereocenters. The second-order valence-electron chi connectivity index (χ2n) is 9.06. The number of imidazole rings is 1. The molecule has 0 aliphatic heterocycles. The van der Waals surface area contributed by atoms with E-state index >= 15 is 0 Å². The predicted octanol–water partition coefficient (Wildman–Crippen LogP) is 6.79. The molecule has 2 aromatic carbocycles. The second-order valence-corrected chi connectivity index (χ2v) is 10.5. The van der Waals surface area contributed by atoms with E-state index in [2.05, 4.69) is 34.3 Å². The molecule has 2 aromatic heterocycles. The van der Waals surface area contributed by atoms with Crippen molar-refractivity contribution in [2.45, 2.75) is 50.7 Å². The van der Waals surface area contributed by atoms with Crippen LogP contribution in [0.3, 0.4) is 0 Å². The van der Waals surface area contributed by atoms with Crippen LogP contribution in [0.15, 0.2) is 61.4 Å². The lowest BCUT2D eigenvalue weighted by molar-refractivity contribution is 0.227. The Labute approximate surface area is 209 Å². The van der Waals surface area contributed by atoms with Gasteiger partial charge >= 0.3 is 0 Å². The molecule has 5 nitrogen and oxygen atoms in total. The van der Waals surface area contributed by atoms with E-state index in [9.17, 15) is 0 Å². The Morgan fingerprint density at radius 2 is 1.94 bits per heavy atom. The number of ether oxygens (including phenoxy) is 1. The average Bonchev–Trinajstić information content (AvgIpc) is 3.43. The lowest BCUT2D eigenvalue weighted by atomic mass is 9.82. The van der Waals surface area contributed by atoms with Crippen molar-refractivity contribution < 1.29 is 4.74 Å². The average molecular weight is 493 g/mol. The highest BCUT2D eigenvalue weighted by atomic mass is 35.5. The molecule has 34 heavy (non-hydrogen) atoms. The van der Waals surface area contributed by atoms with Gasteiger partial charge < -0.3 is 16.2 Å². The molecule has 0 bridgehead atoms. The van der Waals surface area contributed by atoms with E-state index in [1.165, 1.54) is 5.56 Å². The highest BCUT2D eigenvalue weighted by Gasteiger charge is 2.22. The molecule has 7 heteroatoms. The van der Waals surface area contributed by atoms with Crippen molar-refractivity contribution in [3.8, 4) is 10.8 Å². The second kappa shape index (κ2) is 9.45. The molecule has 1 fully saturated rings. The molecule has 0 unspecified atom stereocenters. The third-order valence-electron chi connectivity index (χ3n) is 6.68. The fourth-order valence-corrected chi connectivity index (χ4v) is 6.00. The summed E-state index contributed by atoms with van der Waals surface area (Å²) < 4.78 is 8.44. The van der Waals surface area contributed by atoms with E-state index in [1.54, 1.807) is 11.3 Å². The molecule has 0 spiro atoms. The summed E-state index contributed by atoms with van der Waals surface area (Å²) in [7, 11) is 0. The molecular weight excluding hydrogens is 464 g/mol. The van der Waals surface area contributed by atoms with Gasteiger partial charge in [-0.3, -0.25) is 4.57 Å². The quantitative estimate of drug-likeness (QED) is 0.310. The Balaban J connectivity index is 1.49. The van der Waals surface area contributed by atoms with Crippen LogP contribution >= 0.6 is 22.9 Å². The minimum absolute atomic E-state index is 0.238. The molecule has 0 saturated heterocycles. The van der Waals surface area contributed by atoms with Gasteiger partial charge in [-0.15, -0.1) is 11.3 Å². The van der Waals surface area contributed by atoms with Crippen LogP contribution in [0.1, 0.15) is 60.6 Å². The molecule has 4 N–H and O–H groups in total. The molecule has 4 aromatic rings. The Morgan fingerprint density at radius 3 is 2.68 bits per heavy atom. The minimum Gasteiger partial charge on any atom is -0.484 e. The maximum absolute atomic E-state index is 6.39. The zero-order chi connectivity index (χ0) is 23.8. The first-order chi connectivity index (χ1) is 16.4. The summed E-state index contributed by atoms with van der Waals surface area (Å²) >= 11 is 7.93. The van der Waals surface area contributed by atoms with Crippen molar-refractivity contribution >= 4 is 39.7 Å². The van der Waals surface area contributed by atoms with Gasteiger partial charge in [0.05, 0.1) is 15.9 Å². The van der Waals surface area contributed by atoms with Crippen LogP contribution in [-0.4, -0.2) is 15.6 Å². The van der Waals surface area contributed by atoms with Gasteiger partial charge in [-0.25, -0.2) is 4.98 Å². The van der Waals surface area contributed by atoms with Gasteiger partial charge in [0.1, 0.15) is 23.2 Å². The third kappa shape index (κ3) is 4.45. The largest absolute Gasteiger partial charge is 0.484 e. The molecule has 0 radical (unpaired) electrons. The van der Waals surface area contributed by atoms with Crippen LogP contribution < -0.4 is 16.2 Å². The maximum atomic E-state index is 6.39. The maximum Gasteiger partial charge on any atom is 0.142 e. The number of aromatic nitrogens is 2. The number of thiophene rings is 1. The normalized spacial score (nSPS) is 19.3. The first-order valence-electron chi connectivity index (χ1n) is 11.6. The van der Waals surface area contributed by atoms with Crippen molar-refractivity contribution in [2.75, 3.05) is 0 Å². The van der Waals surface area contributed by atoms with Crippen LogP contribution in [0.5, 0.6) is 5.75 Å². The summed E-state index contributed by atoms with van der Waals surface area (Å²) in [5, 5.41) is 1.66. The first kappa shape index (κ1) is 23.0. The summed E-state index contributed by atoms with van der Waals surface area (Å²) in [6.07, 6.45) is 6.06. The van der Waals surface area contributed by atoms with E-state index in [1.807, 2.05) is 43.6 Å². The highest BCUT2D eigenvalue weighted by molar-refractivity contribution is 7.16. The van der Waals surface area contributed by atoms with Gasteiger partial charge in [-0.05, 0) is 62.3 Å². The number of nitrogens with zero attached hydrogens (tertiary/aromatic N) is 2. The Hall–Kier alpha value is -2.80. The van der Waals surface area contributed by atoms with E-state index in [4.69, 9.17) is 27.8 Å². The van der Waals surface area contributed by atoms with E-state index < -0.39 is 0 Å². The number of hydrogen-bond acceptors (Lipinski definition) is 5. The number of halogens is 1. The molecule has 0 amide bonds. The lowest BCUT2D eigenvalue weighted by Crippen LogP contribution is -2.25. The highest BCUT2D eigenvalue weighted by Crippen LogP contribution is 2.40. The molecule has 1 saturated carbocycles. The molecule has 176 valence electrons. The first-order valence-corrected chi connectivity index (χ1v) is 12.8. The van der Waals surface area contributed by atoms with Crippen molar-refractivity contribution in [3.05, 3.63) is 82.5 Å². The van der Waals surface area contributed by atoms with Crippen LogP contribution in [0, 0.1) is 0 Å². The molecule has 2 heterocycles. The van der Waals surface area contributed by atoms with E-state index in [0.29, 0.717) is 28.4 Å². The van der Waals surface area contributed by atoms with E-state index in [-0.39, 0.29) is 6.10 Å². The van der Waals surface area contributed by atoms with Gasteiger partial charge in [0.15, 0.2) is 0 Å². The van der Waals surface area contributed by atoms with Gasteiger partial charge in [-0.2, -0.15) is 0 Å². The van der Waals surface area contributed by atoms with Gasteiger partial charge in [0, 0.05) is 28.4 Å². The number of rotatable bonds is 6. The Morgan fingerprint density at radius 1 is 1.18 bits per heavy atom. The predicted molar refractivity (Wildman–Crippen MR) is 142 cm³/mol. The monoisotopic (exact) mass is 492 g/mol. The van der Waals surface area contributed by atoms with Crippen molar-refractivity contribution in [1.82, 2.24) is 9.55 Å². The van der Waals surface area contributed by atoms with Gasteiger partial charge in [0.2, 0.25) is 0 Å². The zero-order valence-electron chi connectivity index (χ0n) is 19.2. The van der Waals surface area contributed by atoms with Crippen LogP contribution in [0.25, 0.3) is 21.7 Å². The fraction of sp³-hybridized carbons (Fsp3) is 0.296. The molecule has 1 aliphatic rings. The number of hydrogen-bond donors (Lipinski definition) is 2. The van der Waals surface area contributed by atoms with Crippen molar-refractivity contribution in [3.63, 3.8) is 0 Å². The van der Waals surface area contributed by atoms with Crippen molar-refractivity contribution in [2.24, 2.45) is 11.5 Å². The Bertz CT molecular complexity index is 1340. The number of benzene rings is 2. The summed E-state index contributed by atoms with van der Waals surface area (Å²) in [6, 6.07) is 16.7. The van der Waals surface area contributed by atoms with Crippen LogP contribution in [0.4, 0.5) is 0 Å². The standard InChI is InChI=1S/C27H29ClN4OS/c1-16(29)27-25(33-17(2)21-5-3-4-6-22(21)28)14-26(34-27)32-15-31-23-12-9-19(13-24(23)32)18-7-10-20(30)11-8-18/h3-6,9,12-15,17-18,20H,1,7-8,10-11,29-30H2,2H3/t17-,18?,20?/m1/s1. The minimum atomic E-state index is -0.238. The molecule has 5 rings (SSSR count). The fourth-order valence-electron chi connectivity index (χ4n) is 4.76. The smallest absolute Gasteiger partial charge is 0.142 e. The lowest BCUT2D eigenvalue weighted by Gasteiger charge is -2.26. The summed E-state index contributed by atoms with van der Waals surface area (Å²) in [5.74, 6) is 1.24. The van der Waals surface area contributed by atoms with Crippen LogP contribution in [0.2, 0.25) is 5.02 Å². The third-order valence-corrected chi connectivity index (χ3v) is 8.21. The zero-order valence-corrected chi connectivity index (χ0v) is 20.8. The molecule has 1 aliphatic carbocycles. The summed E-state index contributed by atoms with van der Waals surface area (Å²) in [4.78, 5) is 5.45. The van der Waals surface area contributed by atoms with E-state index in [0.717, 1.165) is 52.2 Å². The van der Waals surface area contributed by atoms with Crippen LogP contribution in [-0.2, 0) is 0 Å². The number of fused-ring (bicyclic) bond motifs is 1. The Kier molecular flexibility index (Phi) is 6.38. The van der Waals surface area contributed by atoms with Gasteiger partial charge in [0.25, 0.3) is 0 Å². The molecular formula is C27H29ClN4OS. The number of nitrogens with two attached hydrogens (primary N) is 2. The summed E-state index contributed by atoms with van der Waals surface area (Å²) in [6.45, 7) is 5.95. The van der Waals surface area contributed by atoms with Gasteiger partial charge in [-0.1, -0.05) is 42.4 Å². The topological polar surface area (TPSA) is 79.1 Å². The van der Waals surface area contributed by atoms with Crippen molar-refractivity contribution in [1.29, 1.82) is 0 Å². The SMILES string of the molecule is C=C(N)c1sc(-n2cnc3ccc(C4CCC(N)CC4)cc32)cc1O[C@H](C)c1ccccc1Cl. The summed E-state index contributed by atoms with van der Waals surface area (Å²) in [5.41, 5.74) is 17.1.